The molecule has 2 rings (SSSR count). The largest absolute Gasteiger partial charge is 0.334 e. The molecule has 0 spiro atoms. The van der Waals surface area contributed by atoms with E-state index in [9.17, 15) is 19.7 Å². The molecule has 1 aliphatic carbocycles. The van der Waals surface area contributed by atoms with Crippen molar-refractivity contribution in [2.45, 2.75) is 38.1 Å². The van der Waals surface area contributed by atoms with Crippen molar-refractivity contribution < 1.29 is 14.5 Å². The van der Waals surface area contributed by atoms with Gasteiger partial charge in [-0.3, -0.25) is 14.9 Å². The summed E-state index contributed by atoms with van der Waals surface area (Å²) in [5.41, 5.74) is -0.123. The molecule has 0 aromatic heterocycles. The number of nitro groups is 1. The quantitative estimate of drug-likeness (QED) is 0.443. The number of carbonyl (C=O) groups excluding carboxylic acids is 2. The Morgan fingerprint density at radius 2 is 1.96 bits per heavy atom. The zero-order valence-electron chi connectivity index (χ0n) is 14.6. The molecular weight excluding hydrogens is 336 g/mol. The fourth-order valence-electron chi connectivity index (χ4n) is 3.15. The molecule has 1 aromatic carbocycles. The van der Waals surface area contributed by atoms with Crippen molar-refractivity contribution in [2.75, 3.05) is 18.4 Å². The maximum absolute atomic E-state index is 12.5. The first-order chi connectivity index (χ1) is 12.5. The van der Waals surface area contributed by atoms with Gasteiger partial charge in [0, 0.05) is 18.7 Å². The van der Waals surface area contributed by atoms with E-state index in [1.165, 1.54) is 24.6 Å². The van der Waals surface area contributed by atoms with Gasteiger partial charge >= 0.3 is 6.03 Å². The van der Waals surface area contributed by atoms with Crippen LogP contribution in [0, 0.1) is 10.1 Å². The first-order valence-electron chi connectivity index (χ1n) is 8.71. The minimum Gasteiger partial charge on any atom is -0.334 e. The molecule has 140 valence electrons. The van der Waals surface area contributed by atoms with Gasteiger partial charge in [0.15, 0.2) is 0 Å². The van der Waals surface area contributed by atoms with Crippen LogP contribution in [-0.2, 0) is 4.79 Å². The van der Waals surface area contributed by atoms with Crippen LogP contribution in [0.15, 0.2) is 36.9 Å². The van der Waals surface area contributed by atoms with Crippen molar-refractivity contribution >= 4 is 23.3 Å². The third-order valence-electron chi connectivity index (χ3n) is 4.41. The highest BCUT2D eigenvalue weighted by Gasteiger charge is 2.24. The molecule has 26 heavy (non-hydrogen) atoms. The van der Waals surface area contributed by atoms with Crippen LogP contribution in [-0.4, -0.2) is 40.9 Å². The topological polar surface area (TPSA) is 105 Å². The van der Waals surface area contributed by atoms with E-state index in [1.54, 1.807) is 17.0 Å². The lowest BCUT2D eigenvalue weighted by Crippen LogP contribution is -2.47. The van der Waals surface area contributed by atoms with Crippen LogP contribution in [0.1, 0.15) is 32.1 Å². The Kier molecular flexibility index (Phi) is 7.13. The standard InChI is InChI=1S/C18H24N4O4/c1-2-12-21(14-8-4-3-5-9-14)17(23)13-19-18(24)20-15-10-6-7-11-16(15)22(25)26/h2,6-7,10-11,14H,1,3-5,8-9,12-13H2,(H2,19,20,24). The van der Waals surface area contributed by atoms with Gasteiger partial charge in [0.2, 0.25) is 5.91 Å². The number of nitrogens with zero attached hydrogens (tertiary/aromatic N) is 2. The lowest BCUT2D eigenvalue weighted by atomic mass is 9.94. The summed E-state index contributed by atoms with van der Waals surface area (Å²) in [7, 11) is 0. The van der Waals surface area contributed by atoms with Crippen molar-refractivity contribution in [3.8, 4) is 0 Å². The predicted molar refractivity (Wildman–Crippen MR) is 98.9 cm³/mol. The molecule has 1 fully saturated rings. The summed E-state index contributed by atoms with van der Waals surface area (Å²) in [6.45, 7) is 3.97. The van der Waals surface area contributed by atoms with Crippen LogP contribution in [0.3, 0.4) is 0 Å². The van der Waals surface area contributed by atoms with Crippen LogP contribution in [0.4, 0.5) is 16.2 Å². The van der Waals surface area contributed by atoms with Gasteiger partial charge in [-0.05, 0) is 18.9 Å². The van der Waals surface area contributed by atoms with Crippen molar-refractivity contribution in [1.82, 2.24) is 10.2 Å². The van der Waals surface area contributed by atoms with E-state index >= 15 is 0 Å². The highest BCUT2D eigenvalue weighted by Crippen LogP contribution is 2.23. The van der Waals surface area contributed by atoms with Crippen LogP contribution in [0.25, 0.3) is 0 Å². The summed E-state index contributed by atoms with van der Waals surface area (Å²) < 4.78 is 0. The van der Waals surface area contributed by atoms with Gasteiger partial charge in [-0.1, -0.05) is 37.5 Å². The average Bonchev–Trinajstić information content (AvgIpc) is 2.65. The number of hydrogen-bond acceptors (Lipinski definition) is 4. The Labute approximate surface area is 152 Å². The van der Waals surface area contributed by atoms with Gasteiger partial charge < -0.3 is 15.5 Å². The smallest absolute Gasteiger partial charge is 0.319 e. The van der Waals surface area contributed by atoms with E-state index in [4.69, 9.17) is 0 Å². The number of urea groups is 1. The maximum Gasteiger partial charge on any atom is 0.319 e. The Bertz CT molecular complexity index is 671. The van der Waals surface area contributed by atoms with Crippen LogP contribution in [0.2, 0.25) is 0 Å². The summed E-state index contributed by atoms with van der Waals surface area (Å²) in [5.74, 6) is -0.186. The summed E-state index contributed by atoms with van der Waals surface area (Å²) in [4.78, 5) is 36.6. The third-order valence-corrected chi connectivity index (χ3v) is 4.41. The molecule has 8 heteroatoms. The van der Waals surface area contributed by atoms with Gasteiger partial charge in [0.05, 0.1) is 11.5 Å². The molecule has 0 radical (unpaired) electrons. The molecule has 0 aliphatic heterocycles. The second-order valence-electron chi connectivity index (χ2n) is 6.21. The van der Waals surface area contributed by atoms with Crippen LogP contribution < -0.4 is 10.6 Å². The molecule has 2 N–H and O–H groups in total. The van der Waals surface area contributed by atoms with Gasteiger partial charge in [-0.25, -0.2) is 4.79 Å². The minimum atomic E-state index is -0.658. The zero-order chi connectivity index (χ0) is 18.9. The van der Waals surface area contributed by atoms with Crippen LogP contribution in [0.5, 0.6) is 0 Å². The summed E-state index contributed by atoms with van der Waals surface area (Å²) in [6, 6.07) is 5.36. The van der Waals surface area contributed by atoms with E-state index < -0.39 is 11.0 Å². The second-order valence-corrected chi connectivity index (χ2v) is 6.21. The normalized spacial score (nSPS) is 14.3. The molecule has 0 atom stereocenters. The molecule has 1 saturated carbocycles. The van der Waals surface area contributed by atoms with E-state index in [2.05, 4.69) is 17.2 Å². The molecule has 0 unspecified atom stereocenters. The summed E-state index contributed by atoms with van der Waals surface area (Å²) in [5, 5.41) is 15.9. The number of rotatable bonds is 7. The van der Waals surface area contributed by atoms with Gasteiger partial charge in [-0.2, -0.15) is 0 Å². The number of amides is 3. The molecule has 0 bridgehead atoms. The van der Waals surface area contributed by atoms with E-state index in [0.717, 1.165) is 25.7 Å². The van der Waals surface area contributed by atoms with E-state index in [-0.39, 0.29) is 29.9 Å². The third kappa shape index (κ3) is 5.30. The first kappa shape index (κ1) is 19.4. The maximum atomic E-state index is 12.5. The molecule has 0 heterocycles. The summed E-state index contributed by atoms with van der Waals surface area (Å²) >= 11 is 0. The molecule has 1 aromatic rings. The Morgan fingerprint density at radius 3 is 2.62 bits per heavy atom. The van der Waals surface area contributed by atoms with Crippen molar-refractivity contribution in [2.24, 2.45) is 0 Å². The van der Waals surface area contributed by atoms with Crippen molar-refractivity contribution in [1.29, 1.82) is 0 Å². The highest BCUT2D eigenvalue weighted by molar-refractivity contribution is 5.94. The molecule has 8 nitrogen and oxygen atoms in total. The Morgan fingerprint density at radius 1 is 1.27 bits per heavy atom. The molecular formula is C18H24N4O4. The monoisotopic (exact) mass is 360 g/mol. The zero-order valence-corrected chi connectivity index (χ0v) is 14.6. The molecule has 1 aliphatic rings. The van der Waals surface area contributed by atoms with Gasteiger partial charge in [0.1, 0.15) is 5.69 Å². The number of hydrogen-bond donors (Lipinski definition) is 2. The van der Waals surface area contributed by atoms with Crippen molar-refractivity contribution in [3.63, 3.8) is 0 Å². The lowest BCUT2D eigenvalue weighted by Gasteiger charge is -2.33. The van der Waals surface area contributed by atoms with E-state index in [0.29, 0.717) is 6.54 Å². The molecule has 0 saturated heterocycles. The minimum absolute atomic E-state index is 0.0812. The van der Waals surface area contributed by atoms with E-state index in [1.807, 2.05) is 0 Å². The number of carbonyl (C=O) groups is 2. The Hall–Kier alpha value is -2.90. The highest BCUT2D eigenvalue weighted by atomic mass is 16.6. The second kappa shape index (κ2) is 9.55. The number of para-hydroxylation sites is 2. The lowest BCUT2D eigenvalue weighted by molar-refractivity contribution is -0.383. The van der Waals surface area contributed by atoms with Gasteiger partial charge in [0.25, 0.3) is 5.69 Å². The predicted octanol–water partition coefficient (Wildman–Crippen LogP) is 3.06. The number of nitro benzene ring substituents is 1. The number of anilines is 1. The Balaban J connectivity index is 1.91. The fraction of sp³-hybridized carbons (Fsp3) is 0.444. The van der Waals surface area contributed by atoms with Crippen LogP contribution >= 0.6 is 0 Å². The van der Waals surface area contributed by atoms with Crippen molar-refractivity contribution in [3.05, 3.63) is 47.0 Å². The average molecular weight is 360 g/mol. The SMILES string of the molecule is C=CCN(C(=O)CNC(=O)Nc1ccccc1[N+](=O)[O-])C1CCCCC1. The first-order valence-corrected chi connectivity index (χ1v) is 8.71. The fourth-order valence-corrected chi connectivity index (χ4v) is 3.15. The number of nitrogens with one attached hydrogen (secondary N) is 2. The summed E-state index contributed by atoms with van der Waals surface area (Å²) in [6.07, 6.45) is 6.97. The van der Waals surface area contributed by atoms with Gasteiger partial charge in [-0.15, -0.1) is 6.58 Å². The number of benzene rings is 1. The molecule has 3 amide bonds.